The summed E-state index contributed by atoms with van der Waals surface area (Å²) in [6, 6.07) is 35.9. The van der Waals surface area contributed by atoms with Gasteiger partial charge in [-0.3, -0.25) is 4.79 Å². The van der Waals surface area contributed by atoms with E-state index in [1.54, 1.807) is 13.8 Å². The van der Waals surface area contributed by atoms with Crippen molar-refractivity contribution < 1.29 is 9.90 Å². The Kier molecular flexibility index (Phi) is 6.41. The molecular weight excluding hydrogens is 480 g/mol. The molecule has 1 amide bonds. The largest absolute Gasteiger partial charge is 0.388 e. The molecule has 4 nitrogen and oxygen atoms in total. The van der Waals surface area contributed by atoms with Gasteiger partial charge in [-0.2, -0.15) is 0 Å². The molecule has 5 aromatic carbocycles. The summed E-state index contributed by atoms with van der Waals surface area (Å²) in [5.41, 5.74) is 2.65. The lowest BCUT2D eigenvalue weighted by molar-refractivity contribution is -0.0163. The smallest absolute Gasteiger partial charge is 0.254 e. The minimum absolute atomic E-state index is 0.0976. The lowest BCUT2D eigenvalue weighted by Gasteiger charge is -2.40. The fourth-order valence-corrected chi connectivity index (χ4v) is 5.77. The summed E-state index contributed by atoms with van der Waals surface area (Å²) in [4.78, 5) is 19.5. The average molecular weight is 513 g/mol. The van der Waals surface area contributed by atoms with Crippen molar-refractivity contribution in [3.8, 4) is 0 Å². The number of fused-ring (bicyclic) bond motifs is 3. The lowest BCUT2D eigenvalue weighted by atomic mass is 9.89. The Morgan fingerprint density at radius 1 is 0.795 bits per heavy atom. The van der Waals surface area contributed by atoms with E-state index in [2.05, 4.69) is 41.4 Å². The van der Waals surface area contributed by atoms with Crippen LogP contribution in [0.5, 0.6) is 0 Å². The second-order valence-electron chi connectivity index (χ2n) is 10.8. The minimum atomic E-state index is -1.16. The molecule has 1 heterocycles. The average Bonchev–Trinajstić information content (AvgIpc) is 3.37. The molecular formula is C35H32N2O2. The standard InChI is InChI=1S/C35H32N2O2/c1-35(2,39)33(21-27-22-36-32-19-11-10-18-30(27)32)37(34(38)24-12-4-3-5-13-24)23-31-28-16-8-6-14-25(28)20-26-15-7-9-17-29(26)31/h3-20,22,33,36,39H,21,23H2,1-2H3/t33-/m0/s1. The molecule has 0 fully saturated rings. The van der Waals surface area contributed by atoms with Crippen LogP contribution >= 0.6 is 0 Å². The van der Waals surface area contributed by atoms with Crippen molar-refractivity contribution in [1.82, 2.24) is 9.88 Å². The molecule has 0 saturated carbocycles. The van der Waals surface area contributed by atoms with Gasteiger partial charge >= 0.3 is 0 Å². The molecule has 0 spiro atoms. The van der Waals surface area contributed by atoms with E-state index in [9.17, 15) is 9.90 Å². The van der Waals surface area contributed by atoms with Gasteiger partial charge in [0.1, 0.15) is 0 Å². The number of hydrogen-bond acceptors (Lipinski definition) is 2. The molecule has 0 bridgehead atoms. The Bertz CT molecular complexity index is 1730. The molecule has 39 heavy (non-hydrogen) atoms. The second-order valence-corrected chi connectivity index (χ2v) is 10.8. The fraction of sp³-hybridized carbons (Fsp3) is 0.171. The van der Waals surface area contributed by atoms with E-state index >= 15 is 0 Å². The highest BCUT2D eigenvalue weighted by Crippen LogP contribution is 2.33. The molecule has 4 heteroatoms. The summed E-state index contributed by atoms with van der Waals surface area (Å²) in [6.07, 6.45) is 2.51. The van der Waals surface area contributed by atoms with Crippen LogP contribution in [0.3, 0.4) is 0 Å². The quantitative estimate of drug-likeness (QED) is 0.218. The van der Waals surface area contributed by atoms with Crippen molar-refractivity contribution in [3.63, 3.8) is 0 Å². The first-order valence-corrected chi connectivity index (χ1v) is 13.4. The maximum Gasteiger partial charge on any atom is 0.254 e. The number of aromatic amines is 1. The number of para-hydroxylation sites is 1. The first-order chi connectivity index (χ1) is 18.9. The van der Waals surface area contributed by atoms with Gasteiger partial charge in [-0.25, -0.2) is 0 Å². The van der Waals surface area contributed by atoms with Crippen LogP contribution < -0.4 is 0 Å². The fourth-order valence-electron chi connectivity index (χ4n) is 5.77. The number of carbonyl (C=O) groups is 1. The number of H-pyrrole nitrogens is 1. The minimum Gasteiger partial charge on any atom is -0.388 e. The summed E-state index contributed by atoms with van der Waals surface area (Å²) in [6.45, 7) is 3.98. The summed E-state index contributed by atoms with van der Waals surface area (Å²) in [5, 5.41) is 17.2. The van der Waals surface area contributed by atoms with Crippen molar-refractivity contribution in [2.24, 2.45) is 0 Å². The van der Waals surface area contributed by atoms with Crippen molar-refractivity contribution >= 4 is 38.4 Å². The summed E-state index contributed by atoms with van der Waals surface area (Å²) < 4.78 is 0. The number of aliphatic hydroxyl groups is 1. The van der Waals surface area contributed by atoms with Crippen LogP contribution in [-0.2, 0) is 13.0 Å². The zero-order valence-corrected chi connectivity index (χ0v) is 22.3. The van der Waals surface area contributed by atoms with Crippen LogP contribution in [0.2, 0.25) is 0 Å². The highest BCUT2D eigenvalue weighted by Gasteiger charge is 2.36. The van der Waals surface area contributed by atoms with E-state index in [1.807, 2.05) is 83.9 Å². The summed E-state index contributed by atoms with van der Waals surface area (Å²) in [5.74, 6) is -0.0976. The molecule has 6 aromatic rings. The zero-order valence-electron chi connectivity index (χ0n) is 22.3. The van der Waals surface area contributed by atoms with Crippen LogP contribution in [0.1, 0.15) is 35.3 Å². The van der Waals surface area contributed by atoms with E-state index in [0.717, 1.165) is 43.6 Å². The Morgan fingerprint density at radius 2 is 1.36 bits per heavy atom. The third kappa shape index (κ3) is 4.80. The van der Waals surface area contributed by atoms with E-state index in [4.69, 9.17) is 0 Å². The summed E-state index contributed by atoms with van der Waals surface area (Å²) in [7, 11) is 0. The van der Waals surface area contributed by atoms with Crippen LogP contribution in [-0.4, -0.2) is 32.5 Å². The lowest BCUT2D eigenvalue weighted by Crippen LogP contribution is -2.52. The number of amides is 1. The molecule has 0 saturated heterocycles. The number of rotatable bonds is 7. The van der Waals surface area contributed by atoms with E-state index < -0.39 is 11.6 Å². The van der Waals surface area contributed by atoms with Crippen LogP contribution in [0, 0.1) is 0 Å². The third-order valence-corrected chi connectivity index (χ3v) is 7.77. The van der Waals surface area contributed by atoms with Gasteiger partial charge in [-0.15, -0.1) is 0 Å². The Morgan fingerprint density at radius 3 is 2.00 bits per heavy atom. The van der Waals surface area contributed by atoms with Crippen molar-refractivity contribution in [3.05, 3.63) is 132 Å². The molecule has 0 unspecified atom stereocenters. The monoisotopic (exact) mass is 512 g/mol. The van der Waals surface area contributed by atoms with Crippen molar-refractivity contribution in [1.29, 1.82) is 0 Å². The molecule has 2 N–H and O–H groups in total. The molecule has 6 rings (SSSR count). The van der Waals surface area contributed by atoms with E-state index in [0.29, 0.717) is 18.5 Å². The van der Waals surface area contributed by atoms with Gasteiger partial charge in [-0.1, -0.05) is 84.9 Å². The molecule has 0 radical (unpaired) electrons. The van der Waals surface area contributed by atoms with E-state index in [-0.39, 0.29) is 5.91 Å². The van der Waals surface area contributed by atoms with Crippen molar-refractivity contribution in [2.45, 2.75) is 38.5 Å². The summed E-state index contributed by atoms with van der Waals surface area (Å²) >= 11 is 0. The predicted molar refractivity (Wildman–Crippen MR) is 160 cm³/mol. The zero-order chi connectivity index (χ0) is 27.0. The first-order valence-electron chi connectivity index (χ1n) is 13.4. The van der Waals surface area contributed by atoms with Gasteiger partial charge in [0.25, 0.3) is 5.91 Å². The Hall–Kier alpha value is -4.41. The maximum absolute atomic E-state index is 14.3. The van der Waals surface area contributed by atoms with Gasteiger partial charge in [0.05, 0.1) is 11.6 Å². The highest BCUT2D eigenvalue weighted by atomic mass is 16.3. The van der Waals surface area contributed by atoms with E-state index in [1.165, 1.54) is 0 Å². The van der Waals surface area contributed by atoms with Gasteiger partial charge in [-0.05, 0) is 77.2 Å². The topological polar surface area (TPSA) is 56.3 Å². The Balaban J connectivity index is 1.53. The number of benzene rings is 5. The highest BCUT2D eigenvalue weighted by molar-refractivity contribution is 6.03. The van der Waals surface area contributed by atoms with Crippen LogP contribution in [0.25, 0.3) is 32.4 Å². The SMILES string of the molecule is CC(C)(O)[C@H](Cc1c[nH]c2ccccc12)N(Cc1c2ccccc2cc2ccccc12)C(=O)c1ccccc1. The molecule has 0 aliphatic heterocycles. The van der Waals surface area contributed by atoms with Gasteiger partial charge in [0.2, 0.25) is 0 Å². The van der Waals surface area contributed by atoms with Crippen LogP contribution in [0.15, 0.2) is 115 Å². The molecule has 0 aliphatic rings. The number of nitrogens with zero attached hydrogens (tertiary/aromatic N) is 1. The van der Waals surface area contributed by atoms with Gasteiger partial charge < -0.3 is 15.0 Å². The number of carbonyl (C=O) groups excluding carboxylic acids is 1. The molecule has 194 valence electrons. The molecule has 1 aromatic heterocycles. The van der Waals surface area contributed by atoms with Crippen molar-refractivity contribution in [2.75, 3.05) is 0 Å². The number of hydrogen-bond donors (Lipinski definition) is 2. The maximum atomic E-state index is 14.3. The Labute approximate surface area is 228 Å². The second kappa shape index (κ2) is 10.0. The number of nitrogens with one attached hydrogen (secondary N) is 1. The van der Waals surface area contributed by atoms with Gasteiger partial charge in [0, 0.05) is 29.2 Å². The normalized spacial score (nSPS) is 12.7. The van der Waals surface area contributed by atoms with Gasteiger partial charge in [0.15, 0.2) is 0 Å². The molecule has 0 aliphatic carbocycles. The molecule has 1 atom stereocenters. The third-order valence-electron chi connectivity index (χ3n) is 7.77. The predicted octanol–water partition coefficient (Wildman–Crippen LogP) is 7.50. The first kappa shape index (κ1) is 24.9. The number of aromatic nitrogens is 1. The van der Waals surface area contributed by atoms with Crippen LogP contribution in [0.4, 0.5) is 0 Å².